The molecule has 0 radical (unpaired) electrons. The van der Waals surface area contributed by atoms with Crippen molar-refractivity contribution < 1.29 is 19.0 Å². The third kappa shape index (κ3) is 4.04. The van der Waals surface area contributed by atoms with Crippen molar-refractivity contribution in [3.8, 4) is 34.3 Å². The maximum absolute atomic E-state index is 12.6. The summed E-state index contributed by atoms with van der Waals surface area (Å²) in [5.74, 6) is 2.17. The van der Waals surface area contributed by atoms with Crippen molar-refractivity contribution in [2.24, 2.45) is 7.05 Å². The lowest BCUT2D eigenvalue weighted by Gasteiger charge is -2.10. The maximum atomic E-state index is 12.6. The number of aromatic nitrogens is 3. The minimum atomic E-state index is -0.252. The molecule has 8 nitrogen and oxygen atoms in total. The van der Waals surface area contributed by atoms with Gasteiger partial charge in [0.2, 0.25) is 6.79 Å². The van der Waals surface area contributed by atoms with Crippen molar-refractivity contribution >= 4 is 11.6 Å². The summed E-state index contributed by atoms with van der Waals surface area (Å²) in [6, 6.07) is 15.9. The van der Waals surface area contributed by atoms with Crippen LogP contribution in [0.2, 0.25) is 0 Å². The molecule has 0 fully saturated rings. The van der Waals surface area contributed by atoms with E-state index >= 15 is 0 Å². The molecule has 0 aliphatic carbocycles. The number of fused-ring (bicyclic) bond motifs is 1. The molecule has 8 heteroatoms. The molecule has 2 aromatic heterocycles. The lowest BCUT2D eigenvalue weighted by molar-refractivity contribution is 0.102. The Morgan fingerprint density at radius 2 is 1.94 bits per heavy atom. The van der Waals surface area contributed by atoms with Crippen molar-refractivity contribution in [1.29, 1.82) is 0 Å². The molecule has 0 saturated heterocycles. The number of pyridine rings is 1. The summed E-state index contributed by atoms with van der Waals surface area (Å²) in [7, 11) is 1.85. The van der Waals surface area contributed by atoms with E-state index in [1.165, 1.54) is 0 Å². The van der Waals surface area contributed by atoms with Gasteiger partial charge in [0.1, 0.15) is 11.5 Å². The summed E-state index contributed by atoms with van der Waals surface area (Å²) in [5.41, 5.74) is 2.75. The number of carbonyl (C=O) groups excluding carboxylic acids is 1. The van der Waals surface area contributed by atoms with Gasteiger partial charge in [0.25, 0.3) is 5.91 Å². The summed E-state index contributed by atoms with van der Waals surface area (Å²) in [5, 5.41) is 7.05. The second-order valence-corrected chi connectivity index (χ2v) is 6.93. The number of aryl methyl sites for hydroxylation is 1. The Bertz CT molecular complexity index is 1270. The smallest absolute Gasteiger partial charge is 0.255 e. The number of nitrogens with one attached hydrogen (secondary N) is 1. The van der Waals surface area contributed by atoms with Crippen LogP contribution >= 0.6 is 0 Å². The third-order valence-electron chi connectivity index (χ3n) is 4.69. The molecule has 0 spiro atoms. The number of rotatable bonds is 5. The van der Waals surface area contributed by atoms with Gasteiger partial charge in [0.15, 0.2) is 11.5 Å². The number of benzene rings is 2. The first-order valence-electron chi connectivity index (χ1n) is 9.58. The van der Waals surface area contributed by atoms with Crippen LogP contribution in [0, 0.1) is 0 Å². The Morgan fingerprint density at radius 3 is 2.81 bits per heavy atom. The summed E-state index contributed by atoms with van der Waals surface area (Å²) in [4.78, 5) is 17.0. The number of hydrogen-bond donors (Lipinski definition) is 1. The minimum absolute atomic E-state index is 0.164. The first-order chi connectivity index (χ1) is 15.1. The van der Waals surface area contributed by atoms with Gasteiger partial charge in [-0.1, -0.05) is 6.07 Å². The zero-order chi connectivity index (χ0) is 21.2. The van der Waals surface area contributed by atoms with E-state index in [-0.39, 0.29) is 12.7 Å². The molecule has 1 aliphatic heterocycles. The molecular weight excluding hydrogens is 396 g/mol. The summed E-state index contributed by atoms with van der Waals surface area (Å²) in [6.45, 7) is 0.164. The highest BCUT2D eigenvalue weighted by Gasteiger charge is 2.16. The Morgan fingerprint density at radius 1 is 1.06 bits per heavy atom. The molecule has 31 heavy (non-hydrogen) atoms. The van der Waals surface area contributed by atoms with Crippen LogP contribution < -0.4 is 19.5 Å². The largest absolute Gasteiger partial charge is 0.457 e. The van der Waals surface area contributed by atoms with Gasteiger partial charge in [-0.2, -0.15) is 5.10 Å². The van der Waals surface area contributed by atoms with E-state index in [2.05, 4.69) is 15.4 Å². The van der Waals surface area contributed by atoms with Crippen LogP contribution in [0.1, 0.15) is 10.4 Å². The molecule has 4 aromatic rings. The molecule has 0 atom stereocenters. The van der Waals surface area contributed by atoms with Gasteiger partial charge in [-0.05, 0) is 36.4 Å². The van der Waals surface area contributed by atoms with E-state index in [0.717, 1.165) is 11.3 Å². The van der Waals surface area contributed by atoms with E-state index < -0.39 is 0 Å². The quantitative estimate of drug-likeness (QED) is 0.525. The number of carbonyl (C=O) groups is 1. The lowest BCUT2D eigenvalue weighted by atomic mass is 10.2. The standard InChI is InChI=1S/C23H18N4O4/c1-27-13-16(12-25-27)20-11-19(7-8-24-20)31-18-4-2-3-17(10-18)26-23(28)15-5-6-21-22(9-15)30-14-29-21/h2-13H,14H2,1H3,(H,26,28). The van der Waals surface area contributed by atoms with Crippen LogP contribution in [-0.2, 0) is 7.05 Å². The number of nitrogens with zero attached hydrogens (tertiary/aromatic N) is 3. The first kappa shape index (κ1) is 18.7. The molecule has 0 saturated carbocycles. The Balaban J connectivity index is 1.31. The monoisotopic (exact) mass is 414 g/mol. The van der Waals surface area contributed by atoms with Crippen molar-refractivity contribution in [3.63, 3.8) is 0 Å². The minimum Gasteiger partial charge on any atom is -0.457 e. The van der Waals surface area contributed by atoms with E-state index in [1.807, 2.05) is 31.4 Å². The highest BCUT2D eigenvalue weighted by atomic mass is 16.7. The Kier molecular flexibility index (Phi) is 4.72. The van der Waals surface area contributed by atoms with Crippen molar-refractivity contribution in [2.45, 2.75) is 0 Å². The zero-order valence-corrected chi connectivity index (χ0v) is 16.6. The Hall–Kier alpha value is -4.33. The number of ether oxygens (including phenoxy) is 3. The van der Waals surface area contributed by atoms with Crippen molar-refractivity contribution in [3.05, 3.63) is 78.8 Å². The van der Waals surface area contributed by atoms with Crippen LogP contribution in [0.25, 0.3) is 11.3 Å². The molecule has 154 valence electrons. The molecule has 2 aromatic carbocycles. The highest BCUT2D eigenvalue weighted by Crippen LogP contribution is 2.33. The zero-order valence-electron chi connectivity index (χ0n) is 16.6. The maximum Gasteiger partial charge on any atom is 0.255 e. The average molecular weight is 414 g/mol. The fourth-order valence-electron chi connectivity index (χ4n) is 3.20. The van der Waals surface area contributed by atoms with Crippen LogP contribution in [0.4, 0.5) is 5.69 Å². The number of hydrogen-bond acceptors (Lipinski definition) is 6. The fraction of sp³-hybridized carbons (Fsp3) is 0.0870. The normalized spacial score (nSPS) is 11.9. The van der Waals surface area contributed by atoms with Gasteiger partial charge in [-0.25, -0.2) is 0 Å². The second kappa shape index (κ2) is 7.83. The van der Waals surface area contributed by atoms with E-state index in [1.54, 1.807) is 53.5 Å². The number of amides is 1. The first-order valence-corrected chi connectivity index (χ1v) is 9.58. The third-order valence-corrected chi connectivity index (χ3v) is 4.69. The molecule has 1 aliphatic rings. The molecule has 1 N–H and O–H groups in total. The van der Waals surface area contributed by atoms with Crippen LogP contribution in [-0.4, -0.2) is 27.5 Å². The van der Waals surface area contributed by atoms with Gasteiger partial charge in [-0.3, -0.25) is 14.5 Å². The van der Waals surface area contributed by atoms with E-state index in [0.29, 0.717) is 34.2 Å². The molecular formula is C23H18N4O4. The molecule has 0 unspecified atom stereocenters. The summed E-state index contributed by atoms with van der Waals surface area (Å²) >= 11 is 0. The van der Waals surface area contributed by atoms with Gasteiger partial charge in [0, 0.05) is 48.4 Å². The topological polar surface area (TPSA) is 87.5 Å². The predicted molar refractivity (Wildman–Crippen MR) is 113 cm³/mol. The molecule has 3 heterocycles. The molecule has 0 bridgehead atoms. The molecule has 1 amide bonds. The SMILES string of the molecule is Cn1cc(-c2cc(Oc3cccc(NC(=O)c4ccc5c(c4)OCO5)c3)ccn2)cn1. The van der Waals surface area contributed by atoms with Gasteiger partial charge in [-0.15, -0.1) is 0 Å². The average Bonchev–Trinajstić information content (AvgIpc) is 3.42. The Labute approximate surface area is 178 Å². The predicted octanol–water partition coefficient (Wildman–Crippen LogP) is 4.26. The summed E-state index contributed by atoms with van der Waals surface area (Å²) < 4.78 is 18.3. The van der Waals surface area contributed by atoms with Gasteiger partial charge < -0.3 is 19.5 Å². The summed E-state index contributed by atoms with van der Waals surface area (Å²) in [6.07, 6.45) is 5.32. The lowest BCUT2D eigenvalue weighted by Crippen LogP contribution is -2.11. The second-order valence-electron chi connectivity index (χ2n) is 6.93. The van der Waals surface area contributed by atoms with Crippen LogP contribution in [0.15, 0.2) is 73.2 Å². The highest BCUT2D eigenvalue weighted by molar-refractivity contribution is 6.04. The van der Waals surface area contributed by atoms with Gasteiger partial charge >= 0.3 is 0 Å². The van der Waals surface area contributed by atoms with Gasteiger partial charge in [0.05, 0.1) is 11.9 Å². The van der Waals surface area contributed by atoms with E-state index in [4.69, 9.17) is 14.2 Å². The molecule has 5 rings (SSSR count). The number of anilines is 1. The van der Waals surface area contributed by atoms with Crippen LogP contribution in [0.3, 0.4) is 0 Å². The van der Waals surface area contributed by atoms with Crippen LogP contribution in [0.5, 0.6) is 23.0 Å². The fourth-order valence-corrected chi connectivity index (χ4v) is 3.20. The van der Waals surface area contributed by atoms with E-state index in [9.17, 15) is 4.79 Å². The van der Waals surface area contributed by atoms with Crippen molar-refractivity contribution in [2.75, 3.05) is 12.1 Å². The van der Waals surface area contributed by atoms with Crippen molar-refractivity contribution in [1.82, 2.24) is 14.8 Å².